The zero-order valence-corrected chi connectivity index (χ0v) is 12.1. The lowest BCUT2D eigenvalue weighted by atomic mass is 9.77. The van der Waals surface area contributed by atoms with Crippen molar-refractivity contribution in [1.29, 1.82) is 0 Å². The fourth-order valence-corrected chi connectivity index (χ4v) is 4.02. The quantitative estimate of drug-likeness (QED) is 0.859. The highest BCUT2D eigenvalue weighted by Crippen LogP contribution is 2.60. The SMILES string of the molecule is CCNCC1(Cc2cc(Cl)ccc2F)CC2CC2C1. The highest BCUT2D eigenvalue weighted by Gasteiger charge is 2.53. The van der Waals surface area contributed by atoms with Crippen LogP contribution in [0.15, 0.2) is 18.2 Å². The maximum Gasteiger partial charge on any atom is 0.126 e. The molecule has 0 amide bonds. The van der Waals surface area contributed by atoms with Crippen LogP contribution in [-0.4, -0.2) is 13.1 Å². The zero-order valence-electron chi connectivity index (χ0n) is 11.4. The van der Waals surface area contributed by atoms with Crippen molar-refractivity contribution in [1.82, 2.24) is 5.32 Å². The van der Waals surface area contributed by atoms with Crippen molar-refractivity contribution >= 4 is 11.6 Å². The lowest BCUT2D eigenvalue weighted by molar-refractivity contribution is 0.247. The van der Waals surface area contributed by atoms with Gasteiger partial charge in [0.15, 0.2) is 0 Å². The molecule has 1 aromatic carbocycles. The molecule has 1 N–H and O–H groups in total. The molecule has 19 heavy (non-hydrogen) atoms. The smallest absolute Gasteiger partial charge is 0.126 e. The van der Waals surface area contributed by atoms with E-state index in [1.807, 2.05) is 0 Å². The molecule has 104 valence electrons. The monoisotopic (exact) mass is 281 g/mol. The molecular weight excluding hydrogens is 261 g/mol. The normalized spacial score (nSPS) is 32.4. The summed E-state index contributed by atoms with van der Waals surface area (Å²) in [6.45, 7) is 4.11. The molecule has 0 radical (unpaired) electrons. The van der Waals surface area contributed by atoms with E-state index in [4.69, 9.17) is 11.6 Å². The number of benzene rings is 1. The second kappa shape index (κ2) is 5.06. The molecule has 0 aromatic heterocycles. The van der Waals surface area contributed by atoms with Gasteiger partial charge in [0.05, 0.1) is 0 Å². The molecular formula is C16H21ClFN. The van der Waals surface area contributed by atoms with Crippen molar-refractivity contribution in [2.75, 3.05) is 13.1 Å². The van der Waals surface area contributed by atoms with Crippen molar-refractivity contribution in [2.45, 2.75) is 32.6 Å². The summed E-state index contributed by atoms with van der Waals surface area (Å²) < 4.78 is 13.9. The van der Waals surface area contributed by atoms with E-state index in [-0.39, 0.29) is 11.2 Å². The maximum atomic E-state index is 13.9. The van der Waals surface area contributed by atoms with Crippen LogP contribution in [-0.2, 0) is 6.42 Å². The molecule has 2 atom stereocenters. The third-order valence-electron chi connectivity index (χ3n) is 4.78. The van der Waals surface area contributed by atoms with Gasteiger partial charge in [-0.2, -0.15) is 0 Å². The summed E-state index contributed by atoms with van der Waals surface area (Å²) in [6.07, 6.45) is 4.71. The molecule has 2 aliphatic carbocycles. The minimum absolute atomic E-state index is 0.110. The summed E-state index contributed by atoms with van der Waals surface area (Å²) in [4.78, 5) is 0. The molecule has 0 heterocycles. The van der Waals surface area contributed by atoms with E-state index in [1.54, 1.807) is 12.1 Å². The Balaban J connectivity index is 1.79. The predicted octanol–water partition coefficient (Wildman–Crippen LogP) is 4.05. The van der Waals surface area contributed by atoms with Gasteiger partial charge >= 0.3 is 0 Å². The first kappa shape index (κ1) is 13.4. The van der Waals surface area contributed by atoms with Gasteiger partial charge in [0.25, 0.3) is 0 Å². The fourth-order valence-electron chi connectivity index (χ4n) is 3.83. The van der Waals surface area contributed by atoms with Gasteiger partial charge < -0.3 is 5.32 Å². The molecule has 0 bridgehead atoms. The van der Waals surface area contributed by atoms with Crippen molar-refractivity contribution in [3.05, 3.63) is 34.6 Å². The molecule has 0 saturated heterocycles. The van der Waals surface area contributed by atoms with E-state index in [0.717, 1.165) is 36.9 Å². The van der Waals surface area contributed by atoms with Gasteiger partial charge in [-0.15, -0.1) is 0 Å². The molecule has 3 rings (SSSR count). The Morgan fingerprint density at radius 1 is 1.37 bits per heavy atom. The van der Waals surface area contributed by atoms with Crippen LogP contribution < -0.4 is 5.32 Å². The first-order chi connectivity index (χ1) is 9.12. The van der Waals surface area contributed by atoms with Crippen LogP contribution >= 0.6 is 11.6 Å². The Bertz CT molecular complexity index is 464. The Kier molecular flexibility index (Phi) is 3.57. The first-order valence-corrected chi connectivity index (χ1v) is 7.64. The average molecular weight is 282 g/mol. The van der Waals surface area contributed by atoms with Crippen LogP contribution in [0.1, 0.15) is 31.7 Å². The molecule has 2 fully saturated rings. The van der Waals surface area contributed by atoms with Gasteiger partial charge in [-0.25, -0.2) is 4.39 Å². The van der Waals surface area contributed by atoms with E-state index < -0.39 is 0 Å². The lowest BCUT2D eigenvalue weighted by Gasteiger charge is -2.31. The number of nitrogens with one attached hydrogen (secondary N) is 1. The highest BCUT2D eigenvalue weighted by molar-refractivity contribution is 6.30. The van der Waals surface area contributed by atoms with Crippen LogP contribution in [0.5, 0.6) is 0 Å². The van der Waals surface area contributed by atoms with Crippen LogP contribution in [0, 0.1) is 23.1 Å². The maximum absolute atomic E-state index is 13.9. The van der Waals surface area contributed by atoms with Crippen molar-refractivity contribution < 1.29 is 4.39 Å². The number of fused-ring (bicyclic) bond motifs is 1. The van der Waals surface area contributed by atoms with E-state index in [9.17, 15) is 4.39 Å². The second-order valence-electron chi connectivity index (χ2n) is 6.36. The van der Waals surface area contributed by atoms with Crippen LogP contribution in [0.2, 0.25) is 5.02 Å². The third kappa shape index (κ3) is 2.80. The minimum atomic E-state index is -0.110. The third-order valence-corrected chi connectivity index (χ3v) is 5.02. The second-order valence-corrected chi connectivity index (χ2v) is 6.79. The standard InChI is InChI=1S/C16H21ClFN/c1-2-19-10-16(7-11-5-12(11)8-16)9-13-6-14(17)3-4-15(13)18/h3-4,6,11-12,19H,2,5,7-10H2,1H3. The van der Waals surface area contributed by atoms with Crippen LogP contribution in [0.25, 0.3) is 0 Å². The highest BCUT2D eigenvalue weighted by atomic mass is 35.5. The van der Waals surface area contributed by atoms with Gasteiger partial charge in [0, 0.05) is 11.6 Å². The number of rotatable bonds is 5. The summed E-state index contributed by atoms with van der Waals surface area (Å²) in [6, 6.07) is 4.92. The minimum Gasteiger partial charge on any atom is -0.316 e. The Morgan fingerprint density at radius 3 is 2.79 bits per heavy atom. The molecule has 0 aliphatic heterocycles. The summed E-state index contributed by atoms with van der Waals surface area (Å²) >= 11 is 6.01. The van der Waals surface area contributed by atoms with Gasteiger partial charge in [-0.05, 0) is 73.2 Å². The van der Waals surface area contributed by atoms with Gasteiger partial charge in [-0.1, -0.05) is 18.5 Å². The largest absolute Gasteiger partial charge is 0.316 e. The molecule has 1 aromatic rings. The molecule has 2 unspecified atom stereocenters. The zero-order chi connectivity index (χ0) is 13.5. The Hall–Kier alpha value is -0.600. The molecule has 2 saturated carbocycles. The van der Waals surface area contributed by atoms with E-state index in [0.29, 0.717) is 5.02 Å². The molecule has 1 nitrogen and oxygen atoms in total. The summed E-state index contributed by atoms with van der Waals surface area (Å²) in [7, 11) is 0. The lowest BCUT2D eigenvalue weighted by Crippen LogP contribution is -2.35. The Labute approximate surface area is 119 Å². The number of halogens is 2. The Morgan fingerprint density at radius 2 is 2.11 bits per heavy atom. The van der Waals surface area contributed by atoms with Gasteiger partial charge in [0.1, 0.15) is 5.82 Å². The van der Waals surface area contributed by atoms with E-state index in [1.165, 1.54) is 25.3 Å². The summed E-state index contributed by atoms with van der Waals surface area (Å²) in [5.41, 5.74) is 1.03. The van der Waals surface area contributed by atoms with Crippen LogP contribution in [0.4, 0.5) is 4.39 Å². The predicted molar refractivity (Wildman–Crippen MR) is 76.9 cm³/mol. The molecule has 2 aliphatic rings. The molecule has 3 heteroatoms. The number of hydrogen-bond donors (Lipinski definition) is 1. The van der Waals surface area contributed by atoms with Crippen LogP contribution in [0.3, 0.4) is 0 Å². The van der Waals surface area contributed by atoms with Gasteiger partial charge in [0.2, 0.25) is 0 Å². The fraction of sp³-hybridized carbons (Fsp3) is 0.625. The molecule has 0 spiro atoms. The van der Waals surface area contributed by atoms with E-state index in [2.05, 4.69) is 12.2 Å². The first-order valence-electron chi connectivity index (χ1n) is 7.26. The topological polar surface area (TPSA) is 12.0 Å². The van der Waals surface area contributed by atoms with E-state index >= 15 is 0 Å². The summed E-state index contributed by atoms with van der Waals surface area (Å²) in [5, 5.41) is 4.11. The number of hydrogen-bond acceptors (Lipinski definition) is 1. The summed E-state index contributed by atoms with van der Waals surface area (Å²) in [5.74, 6) is 1.70. The van der Waals surface area contributed by atoms with Crippen molar-refractivity contribution in [2.24, 2.45) is 17.3 Å². The van der Waals surface area contributed by atoms with Crippen molar-refractivity contribution in [3.63, 3.8) is 0 Å². The van der Waals surface area contributed by atoms with Crippen molar-refractivity contribution in [3.8, 4) is 0 Å². The average Bonchev–Trinajstić information content (AvgIpc) is 3.00. The van der Waals surface area contributed by atoms with Gasteiger partial charge in [-0.3, -0.25) is 0 Å².